The summed E-state index contributed by atoms with van der Waals surface area (Å²) in [5, 5.41) is 9.12. The number of hydrazine groups is 1. The highest BCUT2D eigenvalue weighted by molar-refractivity contribution is 7.99. The van der Waals surface area contributed by atoms with E-state index in [1.807, 2.05) is 53.1 Å². The van der Waals surface area contributed by atoms with E-state index in [1.165, 1.54) is 12.1 Å². The first-order valence-electron chi connectivity index (χ1n) is 10.7. The van der Waals surface area contributed by atoms with E-state index in [4.69, 9.17) is 9.47 Å². The average molecular weight is 508 g/mol. The van der Waals surface area contributed by atoms with Crippen LogP contribution in [0.2, 0.25) is 0 Å². The lowest BCUT2D eigenvalue weighted by Crippen LogP contribution is -2.42. The molecule has 0 aliphatic carbocycles. The van der Waals surface area contributed by atoms with Crippen LogP contribution in [0.4, 0.5) is 4.39 Å². The molecule has 184 valence electrons. The number of rotatable bonds is 8. The van der Waals surface area contributed by atoms with Crippen LogP contribution in [-0.4, -0.2) is 46.6 Å². The van der Waals surface area contributed by atoms with Crippen LogP contribution in [0.25, 0.3) is 17.1 Å². The maximum atomic E-state index is 13.0. The third-order valence-electron chi connectivity index (χ3n) is 5.07. The molecule has 0 unspecified atom stereocenters. The monoisotopic (exact) mass is 507 g/mol. The molecule has 11 heteroatoms. The minimum Gasteiger partial charge on any atom is -0.497 e. The van der Waals surface area contributed by atoms with Gasteiger partial charge in [0.2, 0.25) is 5.91 Å². The van der Waals surface area contributed by atoms with Crippen molar-refractivity contribution in [1.82, 2.24) is 25.6 Å². The predicted molar refractivity (Wildman–Crippen MR) is 133 cm³/mol. The lowest BCUT2D eigenvalue weighted by molar-refractivity contribution is -0.119. The number of aromatic nitrogens is 3. The summed E-state index contributed by atoms with van der Waals surface area (Å²) in [5.74, 6) is 0.315. The molecular weight excluding hydrogens is 485 g/mol. The van der Waals surface area contributed by atoms with Crippen LogP contribution < -0.4 is 20.3 Å². The van der Waals surface area contributed by atoms with Crippen molar-refractivity contribution in [2.75, 3.05) is 20.0 Å². The Hall–Kier alpha value is -4.38. The molecule has 3 aromatic carbocycles. The Kier molecular flexibility index (Phi) is 7.81. The molecular formula is C25H22FN5O4S. The summed E-state index contributed by atoms with van der Waals surface area (Å²) >= 11 is 1.14. The van der Waals surface area contributed by atoms with Crippen molar-refractivity contribution in [2.45, 2.75) is 5.16 Å². The third kappa shape index (κ3) is 5.63. The van der Waals surface area contributed by atoms with Gasteiger partial charge in [0.25, 0.3) is 5.91 Å². The number of hydrogen-bond donors (Lipinski definition) is 2. The molecule has 2 amide bonds. The highest BCUT2D eigenvalue weighted by Gasteiger charge is 2.20. The smallest absolute Gasteiger partial charge is 0.269 e. The molecule has 0 aliphatic heterocycles. The Labute approximate surface area is 210 Å². The van der Waals surface area contributed by atoms with E-state index >= 15 is 0 Å². The molecule has 0 saturated heterocycles. The Morgan fingerprint density at radius 2 is 1.64 bits per heavy atom. The lowest BCUT2D eigenvalue weighted by atomic mass is 10.2. The number of amides is 2. The number of methoxy groups -OCH3 is 2. The minimum absolute atomic E-state index is 0.0517. The number of halogens is 1. The van der Waals surface area contributed by atoms with Gasteiger partial charge in [0.1, 0.15) is 17.3 Å². The number of benzene rings is 3. The van der Waals surface area contributed by atoms with Crippen molar-refractivity contribution in [3.05, 3.63) is 84.2 Å². The summed E-state index contributed by atoms with van der Waals surface area (Å²) in [6.07, 6.45) is 0. The second-order valence-corrected chi connectivity index (χ2v) is 8.28. The second-order valence-electron chi connectivity index (χ2n) is 7.34. The van der Waals surface area contributed by atoms with Crippen molar-refractivity contribution in [2.24, 2.45) is 0 Å². The molecule has 0 atom stereocenters. The number of nitrogens with one attached hydrogen (secondary N) is 2. The van der Waals surface area contributed by atoms with E-state index in [2.05, 4.69) is 21.0 Å². The minimum atomic E-state index is -0.562. The van der Waals surface area contributed by atoms with Gasteiger partial charge in [-0.25, -0.2) is 4.39 Å². The molecule has 2 N–H and O–H groups in total. The van der Waals surface area contributed by atoms with Crippen molar-refractivity contribution in [1.29, 1.82) is 0 Å². The SMILES string of the molecule is COc1ccc(-n2c(SCC(=O)NNC(=O)c3ccc(F)cc3)nnc2-c2ccccc2OC)cc1. The number of hydrogen-bond acceptors (Lipinski definition) is 7. The molecule has 0 radical (unpaired) electrons. The Morgan fingerprint density at radius 1 is 0.917 bits per heavy atom. The molecule has 0 aliphatic rings. The highest BCUT2D eigenvalue weighted by Crippen LogP contribution is 2.33. The molecule has 1 aromatic heterocycles. The highest BCUT2D eigenvalue weighted by atomic mass is 32.2. The fourth-order valence-corrected chi connectivity index (χ4v) is 4.05. The van der Waals surface area contributed by atoms with Gasteiger partial charge in [-0.1, -0.05) is 23.9 Å². The fourth-order valence-electron chi connectivity index (χ4n) is 3.30. The molecule has 4 aromatic rings. The first kappa shape index (κ1) is 24.7. The zero-order valence-corrected chi connectivity index (χ0v) is 20.2. The largest absolute Gasteiger partial charge is 0.497 e. The molecule has 0 spiro atoms. The predicted octanol–water partition coefficient (Wildman–Crippen LogP) is 3.64. The number of thioether (sulfide) groups is 1. The summed E-state index contributed by atoms with van der Waals surface area (Å²) in [7, 11) is 3.16. The van der Waals surface area contributed by atoms with Gasteiger partial charge in [-0.15, -0.1) is 10.2 Å². The third-order valence-corrected chi connectivity index (χ3v) is 6.00. The molecule has 4 rings (SSSR count). The number of carbonyl (C=O) groups excluding carboxylic acids is 2. The molecule has 0 bridgehead atoms. The van der Waals surface area contributed by atoms with Gasteiger partial charge in [0, 0.05) is 5.56 Å². The maximum absolute atomic E-state index is 13.0. The van der Waals surface area contributed by atoms with E-state index < -0.39 is 17.6 Å². The van der Waals surface area contributed by atoms with Crippen LogP contribution in [-0.2, 0) is 4.79 Å². The fraction of sp³-hybridized carbons (Fsp3) is 0.120. The van der Waals surface area contributed by atoms with Crippen LogP contribution in [0.1, 0.15) is 10.4 Å². The van der Waals surface area contributed by atoms with Gasteiger partial charge in [-0.2, -0.15) is 0 Å². The van der Waals surface area contributed by atoms with Gasteiger partial charge >= 0.3 is 0 Å². The standard InChI is InChI=1S/C25H22FN5O4S/c1-34-19-13-11-18(12-14-19)31-23(20-5-3-4-6-21(20)35-2)28-30-25(31)36-15-22(32)27-29-24(33)16-7-9-17(26)10-8-16/h3-14H,15H2,1-2H3,(H,27,32)(H,29,33). The lowest BCUT2D eigenvalue weighted by Gasteiger charge is -2.13. The number of para-hydroxylation sites is 1. The molecule has 0 saturated carbocycles. The van der Waals surface area contributed by atoms with Crippen molar-refractivity contribution >= 4 is 23.6 Å². The van der Waals surface area contributed by atoms with Gasteiger partial charge < -0.3 is 9.47 Å². The van der Waals surface area contributed by atoms with Crippen LogP contribution in [0, 0.1) is 5.82 Å². The number of ether oxygens (including phenoxy) is 2. The second kappa shape index (κ2) is 11.4. The van der Waals surface area contributed by atoms with Crippen molar-refractivity contribution in [3.63, 3.8) is 0 Å². The maximum Gasteiger partial charge on any atom is 0.269 e. The Morgan fingerprint density at radius 3 is 2.33 bits per heavy atom. The first-order chi connectivity index (χ1) is 17.5. The number of carbonyl (C=O) groups is 2. The number of nitrogens with zero attached hydrogens (tertiary/aromatic N) is 3. The average Bonchev–Trinajstić information content (AvgIpc) is 3.34. The summed E-state index contributed by atoms with van der Waals surface area (Å²) in [4.78, 5) is 24.6. The molecule has 36 heavy (non-hydrogen) atoms. The summed E-state index contributed by atoms with van der Waals surface area (Å²) in [6.45, 7) is 0. The molecule has 9 nitrogen and oxygen atoms in total. The van der Waals surface area contributed by atoms with E-state index in [9.17, 15) is 14.0 Å². The molecule has 0 fully saturated rings. The zero-order valence-electron chi connectivity index (χ0n) is 19.4. The van der Waals surface area contributed by atoms with E-state index in [0.717, 1.165) is 35.1 Å². The normalized spacial score (nSPS) is 10.5. The van der Waals surface area contributed by atoms with Gasteiger partial charge in [0.15, 0.2) is 11.0 Å². The van der Waals surface area contributed by atoms with Crippen molar-refractivity contribution in [3.8, 4) is 28.6 Å². The van der Waals surface area contributed by atoms with Crippen LogP contribution >= 0.6 is 11.8 Å². The van der Waals surface area contributed by atoms with Crippen LogP contribution in [0.15, 0.2) is 78.0 Å². The summed E-state index contributed by atoms with van der Waals surface area (Å²) in [5.41, 5.74) is 6.36. The van der Waals surface area contributed by atoms with Gasteiger partial charge in [0.05, 0.1) is 31.2 Å². The van der Waals surface area contributed by atoms with E-state index in [0.29, 0.717) is 22.5 Å². The molecule has 1 heterocycles. The Balaban J connectivity index is 1.53. The van der Waals surface area contributed by atoms with Crippen molar-refractivity contribution < 1.29 is 23.5 Å². The summed E-state index contributed by atoms with van der Waals surface area (Å²) < 4.78 is 25.6. The van der Waals surface area contributed by atoms with E-state index in [1.54, 1.807) is 14.2 Å². The first-order valence-corrected chi connectivity index (χ1v) is 11.7. The quantitative estimate of drug-likeness (QED) is 0.277. The van der Waals surface area contributed by atoms with E-state index in [-0.39, 0.29) is 11.3 Å². The Bertz CT molecular complexity index is 1360. The zero-order chi connectivity index (χ0) is 25.5. The van der Waals surface area contributed by atoms with Crippen LogP contribution in [0.3, 0.4) is 0 Å². The topological polar surface area (TPSA) is 107 Å². The van der Waals surface area contributed by atoms with Crippen LogP contribution in [0.5, 0.6) is 11.5 Å². The summed E-state index contributed by atoms with van der Waals surface area (Å²) in [6, 6.07) is 19.7. The van der Waals surface area contributed by atoms with Gasteiger partial charge in [-0.05, 0) is 60.7 Å². The van der Waals surface area contributed by atoms with Gasteiger partial charge in [-0.3, -0.25) is 25.0 Å².